The van der Waals surface area contributed by atoms with Crippen molar-refractivity contribution in [2.75, 3.05) is 12.3 Å². The Kier molecular flexibility index (Phi) is 4.32. The van der Waals surface area contributed by atoms with Crippen LogP contribution in [0.2, 0.25) is 0 Å². The lowest BCUT2D eigenvalue weighted by Crippen LogP contribution is -2.37. The van der Waals surface area contributed by atoms with Gasteiger partial charge in [-0.05, 0) is 80.6 Å². The van der Waals surface area contributed by atoms with E-state index in [9.17, 15) is 0 Å². The van der Waals surface area contributed by atoms with Crippen molar-refractivity contribution in [3.05, 3.63) is 54.1 Å². The first-order valence-corrected chi connectivity index (χ1v) is 9.50. The van der Waals surface area contributed by atoms with E-state index in [2.05, 4.69) is 41.3 Å². The summed E-state index contributed by atoms with van der Waals surface area (Å²) in [5.74, 6) is 0. The molecule has 0 bridgehead atoms. The average molecular weight is 324 g/mol. The van der Waals surface area contributed by atoms with Gasteiger partial charge in [0.05, 0.1) is 0 Å². The number of nitrogen functional groups attached to an aromatic ring is 1. The molecule has 2 aromatic rings. The summed E-state index contributed by atoms with van der Waals surface area (Å²) in [4.78, 5) is 5.29. The molecule has 23 heavy (non-hydrogen) atoms. The Morgan fingerprint density at radius 3 is 2.22 bits per heavy atom. The van der Waals surface area contributed by atoms with E-state index in [4.69, 9.17) is 5.73 Å². The van der Waals surface area contributed by atoms with Gasteiger partial charge < -0.3 is 5.73 Å². The van der Waals surface area contributed by atoms with Gasteiger partial charge in [0, 0.05) is 27.6 Å². The van der Waals surface area contributed by atoms with Crippen LogP contribution < -0.4 is 5.73 Å². The van der Waals surface area contributed by atoms with E-state index in [0.29, 0.717) is 6.04 Å². The number of nitrogens with two attached hydrogens (primary N) is 1. The standard InChI is InChI=1S/C20H24N2S/c21-16-8-12-19(13-9-16)23-18-10-6-15(7-11-18)20-5-1-3-17-4-2-14-22(17)20/h6-13,17,20H,1-5,14,21H2/t17-,20+/m1/s1. The Morgan fingerprint density at radius 1 is 0.826 bits per heavy atom. The molecule has 2 heterocycles. The van der Waals surface area contributed by atoms with Gasteiger partial charge in [0.25, 0.3) is 0 Å². The van der Waals surface area contributed by atoms with Gasteiger partial charge >= 0.3 is 0 Å². The highest BCUT2D eigenvalue weighted by Gasteiger charge is 2.34. The molecule has 2 nitrogen and oxygen atoms in total. The van der Waals surface area contributed by atoms with Crippen LogP contribution in [0.15, 0.2) is 58.3 Å². The number of fused-ring (bicyclic) bond motifs is 1. The topological polar surface area (TPSA) is 29.3 Å². The summed E-state index contributed by atoms with van der Waals surface area (Å²) in [6.07, 6.45) is 6.89. The molecule has 0 amide bonds. The maximum Gasteiger partial charge on any atom is 0.0351 e. The molecule has 2 aliphatic heterocycles. The minimum absolute atomic E-state index is 0.645. The lowest BCUT2D eigenvalue weighted by molar-refractivity contribution is 0.123. The fraction of sp³-hybridized carbons (Fsp3) is 0.400. The minimum atomic E-state index is 0.645. The first kappa shape index (κ1) is 15.1. The monoisotopic (exact) mass is 324 g/mol. The summed E-state index contributed by atoms with van der Waals surface area (Å²) < 4.78 is 0. The summed E-state index contributed by atoms with van der Waals surface area (Å²) in [5.41, 5.74) is 8.07. The minimum Gasteiger partial charge on any atom is -0.399 e. The Balaban J connectivity index is 1.48. The third kappa shape index (κ3) is 3.26. The molecule has 0 spiro atoms. The van der Waals surface area contributed by atoms with Gasteiger partial charge in [0.15, 0.2) is 0 Å². The Hall–Kier alpha value is -1.45. The van der Waals surface area contributed by atoms with Crippen LogP contribution in [0.5, 0.6) is 0 Å². The maximum atomic E-state index is 5.75. The average Bonchev–Trinajstić information content (AvgIpc) is 3.06. The van der Waals surface area contributed by atoms with Gasteiger partial charge in [-0.25, -0.2) is 0 Å². The molecular weight excluding hydrogens is 300 g/mol. The number of benzene rings is 2. The van der Waals surface area contributed by atoms with Crippen LogP contribution >= 0.6 is 11.8 Å². The van der Waals surface area contributed by atoms with Crippen molar-refractivity contribution >= 4 is 17.4 Å². The van der Waals surface area contributed by atoms with Crippen LogP contribution in [-0.2, 0) is 0 Å². The van der Waals surface area contributed by atoms with E-state index in [-0.39, 0.29) is 0 Å². The third-order valence-electron chi connectivity index (χ3n) is 5.22. The molecule has 0 aliphatic carbocycles. The summed E-state index contributed by atoms with van der Waals surface area (Å²) in [5, 5.41) is 0. The second-order valence-electron chi connectivity index (χ2n) is 6.72. The molecule has 2 aromatic carbocycles. The highest BCUT2D eigenvalue weighted by atomic mass is 32.2. The predicted octanol–water partition coefficient (Wildman–Crippen LogP) is 5.11. The largest absolute Gasteiger partial charge is 0.399 e. The molecule has 2 aliphatic rings. The van der Waals surface area contributed by atoms with E-state index in [1.165, 1.54) is 54.0 Å². The quantitative estimate of drug-likeness (QED) is 0.796. The lowest BCUT2D eigenvalue weighted by Gasteiger charge is -2.38. The molecule has 2 atom stereocenters. The smallest absolute Gasteiger partial charge is 0.0351 e. The summed E-state index contributed by atoms with van der Waals surface area (Å²) in [7, 11) is 0. The normalized spacial score (nSPS) is 24.5. The Bertz CT molecular complexity index is 650. The first-order chi connectivity index (χ1) is 11.3. The van der Waals surface area contributed by atoms with E-state index in [1.54, 1.807) is 11.8 Å². The van der Waals surface area contributed by atoms with E-state index in [0.717, 1.165) is 11.7 Å². The number of hydrogen-bond donors (Lipinski definition) is 1. The molecule has 0 aromatic heterocycles. The van der Waals surface area contributed by atoms with Crippen molar-refractivity contribution in [2.24, 2.45) is 0 Å². The fourth-order valence-corrected chi connectivity index (χ4v) is 4.90. The molecule has 3 heteroatoms. The second kappa shape index (κ2) is 6.58. The highest BCUT2D eigenvalue weighted by Crippen LogP contribution is 2.40. The number of anilines is 1. The van der Waals surface area contributed by atoms with Crippen LogP contribution in [0.1, 0.15) is 43.7 Å². The zero-order valence-electron chi connectivity index (χ0n) is 13.4. The zero-order chi connectivity index (χ0) is 15.6. The van der Waals surface area contributed by atoms with Gasteiger partial charge in [-0.2, -0.15) is 0 Å². The van der Waals surface area contributed by atoms with Crippen molar-refractivity contribution < 1.29 is 0 Å². The summed E-state index contributed by atoms with van der Waals surface area (Å²) in [6.45, 7) is 1.29. The van der Waals surface area contributed by atoms with Gasteiger partial charge in [-0.1, -0.05) is 23.9 Å². The van der Waals surface area contributed by atoms with Crippen molar-refractivity contribution in [3.63, 3.8) is 0 Å². The number of piperidine rings is 1. The van der Waals surface area contributed by atoms with Crippen LogP contribution in [0.25, 0.3) is 0 Å². The fourth-order valence-electron chi connectivity index (χ4n) is 4.08. The maximum absolute atomic E-state index is 5.75. The van der Waals surface area contributed by atoms with Crippen molar-refractivity contribution in [1.82, 2.24) is 4.90 Å². The van der Waals surface area contributed by atoms with E-state index >= 15 is 0 Å². The molecule has 120 valence electrons. The summed E-state index contributed by atoms with van der Waals surface area (Å²) in [6, 6.07) is 18.8. The van der Waals surface area contributed by atoms with E-state index in [1.807, 2.05) is 12.1 Å². The van der Waals surface area contributed by atoms with Gasteiger partial charge in [-0.3, -0.25) is 4.90 Å². The van der Waals surface area contributed by atoms with Crippen molar-refractivity contribution in [3.8, 4) is 0 Å². The van der Waals surface area contributed by atoms with Gasteiger partial charge in [0.1, 0.15) is 0 Å². The van der Waals surface area contributed by atoms with Crippen LogP contribution in [0.3, 0.4) is 0 Å². The Labute approximate surface area is 143 Å². The summed E-state index contributed by atoms with van der Waals surface area (Å²) >= 11 is 1.80. The Morgan fingerprint density at radius 2 is 1.48 bits per heavy atom. The van der Waals surface area contributed by atoms with E-state index < -0.39 is 0 Å². The second-order valence-corrected chi connectivity index (χ2v) is 7.87. The van der Waals surface area contributed by atoms with Gasteiger partial charge in [-0.15, -0.1) is 0 Å². The SMILES string of the molecule is Nc1ccc(Sc2ccc([C@@H]3CCC[C@@H]4CCCN43)cc2)cc1. The molecule has 2 fully saturated rings. The molecule has 2 saturated heterocycles. The lowest BCUT2D eigenvalue weighted by atomic mass is 9.92. The molecule has 2 N–H and O–H groups in total. The van der Waals surface area contributed by atoms with Crippen molar-refractivity contribution in [2.45, 2.75) is 54.0 Å². The third-order valence-corrected chi connectivity index (χ3v) is 6.23. The molecule has 4 rings (SSSR count). The number of rotatable bonds is 3. The molecule has 0 radical (unpaired) electrons. The number of hydrogen-bond acceptors (Lipinski definition) is 3. The molecule has 0 saturated carbocycles. The molecule has 0 unspecified atom stereocenters. The van der Waals surface area contributed by atoms with Crippen LogP contribution in [-0.4, -0.2) is 17.5 Å². The first-order valence-electron chi connectivity index (χ1n) is 8.69. The van der Waals surface area contributed by atoms with Crippen LogP contribution in [0.4, 0.5) is 5.69 Å². The van der Waals surface area contributed by atoms with Gasteiger partial charge in [0.2, 0.25) is 0 Å². The van der Waals surface area contributed by atoms with Crippen LogP contribution in [0, 0.1) is 0 Å². The predicted molar refractivity (Wildman–Crippen MR) is 97.7 cm³/mol. The highest BCUT2D eigenvalue weighted by molar-refractivity contribution is 7.99. The van der Waals surface area contributed by atoms with Crippen molar-refractivity contribution in [1.29, 1.82) is 0 Å². The number of nitrogens with zero attached hydrogens (tertiary/aromatic N) is 1. The molecular formula is C20H24N2S. The zero-order valence-corrected chi connectivity index (χ0v) is 14.3.